The lowest BCUT2D eigenvalue weighted by atomic mass is 10.4. The fourth-order valence-electron chi connectivity index (χ4n) is 0.725. The standard InChI is InChI=1S/C8H18O6.C2H2O2/c1-11-4-8(10)5-14-7-13-3-2-12-6-9;3-1-2-4/h8-10H,2-7H2,1H3;1-2H. The normalized spacial score (nSPS) is 11.3. The van der Waals surface area contributed by atoms with Crippen molar-refractivity contribution in [1.82, 2.24) is 0 Å². The van der Waals surface area contributed by atoms with Crippen LogP contribution >= 0.6 is 0 Å². The third-order valence-corrected chi connectivity index (χ3v) is 1.35. The lowest BCUT2D eigenvalue weighted by molar-refractivity contribution is -0.122. The van der Waals surface area contributed by atoms with Crippen LogP contribution in [0.25, 0.3) is 0 Å². The van der Waals surface area contributed by atoms with E-state index in [1.165, 1.54) is 7.11 Å². The van der Waals surface area contributed by atoms with E-state index in [1.807, 2.05) is 0 Å². The number of methoxy groups -OCH3 is 1. The van der Waals surface area contributed by atoms with E-state index in [2.05, 4.69) is 4.74 Å². The van der Waals surface area contributed by atoms with Crippen LogP contribution in [0.4, 0.5) is 0 Å². The number of hydrogen-bond acceptors (Lipinski definition) is 8. The van der Waals surface area contributed by atoms with Crippen molar-refractivity contribution in [3.05, 3.63) is 0 Å². The molecule has 0 radical (unpaired) electrons. The molecule has 0 bridgehead atoms. The summed E-state index contributed by atoms with van der Waals surface area (Å²) in [5, 5.41) is 17.4. The van der Waals surface area contributed by atoms with Gasteiger partial charge in [-0.3, -0.25) is 9.59 Å². The smallest absolute Gasteiger partial charge is 0.182 e. The molecule has 0 spiro atoms. The van der Waals surface area contributed by atoms with Gasteiger partial charge in [-0.1, -0.05) is 0 Å². The second-order valence-corrected chi connectivity index (χ2v) is 2.82. The Balaban J connectivity index is 0. The summed E-state index contributed by atoms with van der Waals surface area (Å²) in [6.07, 6.45) is -0.239. The Bertz CT molecular complexity index is 169. The van der Waals surface area contributed by atoms with Crippen molar-refractivity contribution in [3.63, 3.8) is 0 Å². The Hall–Kier alpha value is -0.900. The van der Waals surface area contributed by atoms with Gasteiger partial charge in [-0.2, -0.15) is 0 Å². The van der Waals surface area contributed by atoms with Crippen LogP contribution in [0.15, 0.2) is 0 Å². The molecule has 2 N–H and O–H groups in total. The van der Waals surface area contributed by atoms with Gasteiger partial charge >= 0.3 is 0 Å². The summed E-state index contributed by atoms with van der Waals surface area (Å²) in [5.41, 5.74) is 0. The van der Waals surface area contributed by atoms with E-state index in [-0.39, 0.29) is 39.4 Å². The molecule has 0 aliphatic rings. The fourth-order valence-corrected chi connectivity index (χ4v) is 0.725. The molecule has 0 amide bonds. The molecule has 0 heterocycles. The van der Waals surface area contributed by atoms with Crippen LogP contribution in [0.3, 0.4) is 0 Å². The Labute approximate surface area is 105 Å². The highest BCUT2D eigenvalue weighted by atomic mass is 16.7. The molecule has 0 aliphatic carbocycles. The number of aliphatic hydroxyl groups excluding tert-OH is 2. The lowest BCUT2D eigenvalue weighted by Gasteiger charge is -2.10. The molecule has 0 rings (SSSR count). The molecule has 0 aromatic rings. The summed E-state index contributed by atoms with van der Waals surface area (Å²) in [6, 6.07) is 0. The van der Waals surface area contributed by atoms with Crippen molar-refractivity contribution >= 4 is 12.6 Å². The molecule has 0 aromatic heterocycles. The SMILES string of the molecule is COCC(O)COCOCCOCO.O=CC=O. The highest BCUT2D eigenvalue weighted by Gasteiger charge is 2.02. The second-order valence-electron chi connectivity index (χ2n) is 2.82. The molecule has 8 heteroatoms. The van der Waals surface area contributed by atoms with Crippen LogP contribution in [0.5, 0.6) is 0 Å². The molecule has 0 fully saturated rings. The third-order valence-electron chi connectivity index (χ3n) is 1.35. The zero-order chi connectivity index (χ0) is 14.1. The summed E-state index contributed by atoms with van der Waals surface area (Å²) in [6.45, 7) is 0.871. The minimum Gasteiger partial charge on any atom is -0.388 e. The first-order valence-electron chi connectivity index (χ1n) is 5.12. The van der Waals surface area contributed by atoms with E-state index < -0.39 is 6.10 Å². The number of carbonyl (C=O) groups is 2. The molecule has 18 heavy (non-hydrogen) atoms. The van der Waals surface area contributed by atoms with Gasteiger partial charge in [-0.15, -0.1) is 0 Å². The zero-order valence-corrected chi connectivity index (χ0v) is 10.3. The number of ether oxygens (including phenoxy) is 4. The molecule has 0 saturated heterocycles. The number of carbonyl (C=O) groups excluding carboxylic acids is 2. The van der Waals surface area contributed by atoms with Gasteiger partial charge in [0, 0.05) is 7.11 Å². The minimum atomic E-state index is -0.628. The average molecular weight is 268 g/mol. The van der Waals surface area contributed by atoms with Gasteiger partial charge in [0.2, 0.25) is 0 Å². The summed E-state index contributed by atoms with van der Waals surface area (Å²) in [7, 11) is 1.51. The molecule has 1 unspecified atom stereocenters. The fraction of sp³-hybridized carbons (Fsp3) is 0.800. The Kier molecular flexibility index (Phi) is 19.9. The van der Waals surface area contributed by atoms with Crippen molar-refractivity contribution in [3.8, 4) is 0 Å². The Morgan fingerprint density at radius 1 is 1.06 bits per heavy atom. The van der Waals surface area contributed by atoms with Crippen molar-refractivity contribution in [1.29, 1.82) is 0 Å². The number of aldehydes is 2. The van der Waals surface area contributed by atoms with Gasteiger partial charge in [-0.05, 0) is 0 Å². The number of rotatable bonds is 11. The van der Waals surface area contributed by atoms with Crippen LogP contribution in [0.1, 0.15) is 0 Å². The predicted molar refractivity (Wildman–Crippen MR) is 59.8 cm³/mol. The van der Waals surface area contributed by atoms with Crippen molar-refractivity contribution in [2.24, 2.45) is 0 Å². The molecule has 0 aromatic carbocycles. The Morgan fingerprint density at radius 2 is 1.67 bits per heavy atom. The summed E-state index contributed by atoms with van der Waals surface area (Å²) >= 11 is 0. The topological polar surface area (TPSA) is 112 Å². The monoisotopic (exact) mass is 268 g/mol. The average Bonchev–Trinajstić information content (AvgIpc) is 2.38. The molecule has 0 aliphatic heterocycles. The van der Waals surface area contributed by atoms with Gasteiger partial charge < -0.3 is 29.2 Å². The van der Waals surface area contributed by atoms with E-state index in [0.29, 0.717) is 13.2 Å². The maximum absolute atomic E-state index is 9.13. The molecule has 8 nitrogen and oxygen atoms in total. The third kappa shape index (κ3) is 20.5. The minimum absolute atomic E-state index is 0.0928. The quantitative estimate of drug-likeness (QED) is 0.198. The molecule has 1 atom stereocenters. The van der Waals surface area contributed by atoms with Crippen molar-refractivity contribution < 1.29 is 38.7 Å². The van der Waals surface area contributed by atoms with Gasteiger partial charge in [0.15, 0.2) is 12.6 Å². The molecular formula is C10H20O8. The van der Waals surface area contributed by atoms with E-state index in [4.69, 9.17) is 34.0 Å². The van der Waals surface area contributed by atoms with Crippen LogP contribution in [-0.4, -0.2) is 76.0 Å². The highest BCUT2D eigenvalue weighted by Crippen LogP contribution is 1.87. The first kappa shape index (κ1) is 19.4. The first-order chi connectivity index (χ1) is 8.72. The van der Waals surface area contributed by atoms with E-state index in [9.17, 15) is 0 Å². The summed E-state index contributed by atoms with van der Waals surface area (Å²) < 4.78 is 19.2. The van der Waals surface area contributed by atoms with Gasteiger partial charge in [0.1, 0.15) is 19.7 Å². The van der Waals surface area contributed by atoms with E-state index in [0.717, 1.165) is 0 Å². The van der Waals surface area contributed by atoms with Gasteiger partial charge in [0.05, 0.1) is 26.4 Å². The van der Waals surface area contributed by atoms with Crippen LogP contribution < -0.4 is 0 Å². The van der Waals surface area contributed by atoms with E-state index in [1.54, 1.807) is 0 Å². The summed E-state index contributed by atoms with van der Waals surface area (Å²) in [4.78, 5) is 17.6. The lowest BCUT2D eigenvalue weighted by Crippen LogP contribution is -2.22. The molecule has 0 saturated carbocycles. The number of aliphatic hydroxyl groups is 2. The summed E-state index contributed by atoms with van der Waals surface area (Å²) in [5.74, 6) is 0. The van der Waals surface area contributed by atoms with Gasteiger partial charge in [-0.25, -0.2) is 0 Å². The largest absolute Gasteiger partial charge is 0.388 e. The van der Waals surface area contributed by atoms with Crippen molar-refractivity contribution in [2.75, 3.05) is 47.1 Å². The van der Waals surface area contributed by atoms with Crippen LogP contribution in [-0.2, 0) is 28.5 Å². The van der Waals surface area contributed by atoms with Gasteiger partial charge in [0.25, 0.3) is 0 Å². The molecular weight excluding hydrogens is 248 g/mol. The second kappa shape index (κ2) is 18.5. The predicted octanol–water partition coefficient (Wildman–Crippen LogP) is -1.66. The highest BCUT2D eigenvalue weighted by molar-refractivity contribution is 6.09. The molecule has 108 valence electrons. The van der Waals surface area contributed by atoms with Crippen molar-refractivity contribution in [2.45, 2.75) is 6.10 Å². The van der Waals surface area contributed by atoms with E-state index >= 15 is 0 Å². The maximum atomic E-state index is 9.13. The Morgan fingerprint density at radius 3 is 2.17 bits per heavy atom. The maximum Gasteiger partial charge on any atom is 0.182 e. The zero-order valence-electron chi connectivity index (χ0n) is 10.3. The first-order valence-corrected chi connectivity index (χ1v) is 5.12. The van der Waals surface area contributed by atoms with Crippen LogP contribution in [0, 0.1) is 0 Å². The van der Waals surface area contributed by atoms with Crippen LogP contribution in [0.2, 0.25) is 0 Å². The number of hydrogen-bond donors (Lipinski definition) is 2.